The van der Waals surface area contributed by atoms with Gasteiger partial charge in [0.1, 0.15) is 5.69 Å². The van der Waals surface area contributed by atoms with E-state index in [-0.39, 0.29) is 11.8 Å². The van der Waals surface area contributed by atoms with Crippen LogP contribution in [0, 0.1) is 5.92 Å². The third-order valence-corrected chi connectivity index (χ3v) is 6.50. The van der Waals surface area contributed by atoms with E-state index < -0.39 is 0 Å². The topological polar surface area (TPSA) is 53.5 Å². The standard InChI is InChI=1S/C20H23N3O2S/c1-14-5-6-17-15(12-14)13-18(26-17)20(25)23-10-8-22(9-11-23)19(24)16-4-2-3-7-21-16/h2-4,7,13-14H,5-6,8-12H2,1H3/t14-/m0/s1. The van der Waals surface area contributed by atoms with Crippen LogP contribution in [0.15, 0.2) is 30.5 Å². The van der Waals surface area contributed by atoms with Crippen molar-refractivity contribution in [1.82, 2.24) is 14.8 Å². The summed E-state index contributed by atoms with van der Waals surface area (Å²) in [5.41, 5.74) is 1.83. The molecule has 0 spiro atoms. The number of amides is 2. The molecule has 2 aliphatic rings. The van der Waals surface area contributed by atoms with Crippen molar-refractivity contribution in [2.75, 3.05) is 26.2 Å². The van der Waals surface area contributed by atoms with Gasteiger partial charge in [0.25, 0.3) is 11.8 Å². The van der Waals surface area contributed by atoms with Crippen LogP contribution in [0.2, 0.25) is 0 Å². The Morgan fingerprint density at radius 1 is 1.12 bits per heavy atom. The van der Waals surface area contributed by atoms with Gasteiger partial charge in [0.05, 0.1) is 4.88 Å². The Labute approximate surface area is 157 Å². The predicted molar refractivity (Wildman–Crippen MR) is 102 cm³/mol. The number of hydrogen-bond acceptors (Lipinski definition) is 4. The largest absolute Gasteiger partial charge is 0.334 e. The maximum atomic E-state index is 12.9. The Morgan fingerprint density at radius 2 is 1.85 bits per heavy atom. The molecule has 0 bridgehead atoms. The molecule has 5 nitrogen and oxygen atoms in total. The second-order valence-electron chi connectivity index (χ2n) is 7.21. The van der Waals surface area contributed by atoms with Crippen molar-refractivity contribution in [3.8, 4) is 0 Å². The highest BCUT2D eigenvalue weighted by Gasteiger charge is 2.28. The smallest absolute Gasteiger partial charge is 0.272 e. The molecule has 0 aromatic carbocycles. The van der Waals surface area contributed by atoms with Gasteiger partial charge in [-0.05, 0) is 48.9 Å². The highest BCUT2D eigenvalue weighted by Crippen LogP contribution is 2.32. The van der Waals surface area contributed by atoms with Crippen LogP contribution in [0.1, 0.15) is 43.9 Å². The number of fused-ring (bicyclic) bond motifs is 1. The van der Waals surface area contributed by atoms with E-state index in [0.717, 1.165) is 17.7 Å². The van der Waals surface area contributed by atoms with Crippen LogP contribution in [0.5, 0.6) is 0 Å². The van der Waals surface area contributed by atoms with Gasteiger partial charge in [0.2, 0.25) is 0 Å². The van der Waals surface area contributed by atoms with E-state index in [1.165, 1.54) is 16.9 Å². The Morgan fingerprint density at radius 3 is 2.54 bits per heavy atom. The predicted octanol–water partition coefficient (Wildman–Crippen LogP) is 2.87. The first-order valence-electron chi connectivity index (χ1n) is 9.23. The molecular weight excluding hydrogens is 346 g/mol. The Balaban J connectivity index is 1.39. The van der Waals surface area contributed by atoms with Gasteiger partial charge < -0.3 is 9.80 Å². The fraction of sp³-hybridized carbons (Fsp3) is 0.450. The lowest BCUT2D eigenvalue weighted by Gasteiger charge is -2.34. The molecule has 26 heavy (non-hydrogen) atoms. The molecule has 1 aliphatic carbocycles. The molecule has 0 N–H and O–H groups in total. The lowest BCUT2D eigenvalue weighted by Crippen LogP contribution is -2.50. The molecule has 1 saturated heterocycles. The lowest BCUT2D eigenvalue weighted by atomic mass is 9.90. The van der Waals surface area contributed by atoms with E-state index in [2.05, 4.69) is 18.0 Å². The van der Waals surface area contributed by atoms with Gasteiger partial charge in [-0.2, -0.15) is 0 Å². The van der Waals surface area contributed by atoms with Crippen molar-refractivity contribution in [2.45, 2.75) is 26.2 Å². The molecule has 1 aliphatic heterocycles. The zero-order valence-corrected chi connectivity index (χ0v) is 15.8. The number of aromatic nitrogens is 1. The minimum Gasteiger partial charge on any atom is -0.334 e. The fourth-order valence-corrected chi connectivity index (χ4v) is 4.91. The SMILES string of the molecule is C[C@H]1CCc2sc(C(=O)N3CCN(C(=O)c4ccccn4)CC3)cc2C1. The zero-order valence-electron chi connectivity index (χ0n) is 15.0. The zero-order chi connectivity index (χ0) is 18.1. The second kappa shape index (κ2) is 7.19. The summed E-state index contributed by atoms with van der Waals surface area (Å²) in [6.07, 6.45) is 5.04. The van der Waals surface area contributed by atoms with Crippen molar-refractivity contribution in [3.63, 3.8) is 0 Å². The van der Waals surface area contributed by atoms with Gasteiger partial charge >= 0.3 is 0 Å². The van der Waals surface area contributed by atoms with Gasteiger partial charge in [-0.25, -0.2) is 0 Å². The van der Waals surface area contributed by atoms with E-state index >= 15 is 0 Å². The first-order chi connectivity index (χ1) is 12.6. The highest BCUT2D eigenvalue weighted by molar-refractivity contribution is 7.14. The molecule has 0 unspecified atom stereocenters. The third kappa shape index (κ3) is 3.38. The van der Waals surface area contributed by atoms with Crippen molar-refractivity contribution >= 4 is 23.2 Å². The summed E-state index contributed by atoms with van der Waals surface area (Å²) in [6, 6.07) is 7.45. The first kappa shape index (κ1) is 17.2. The summed E-state index contributed by atoms with van der Waals surface area (Å²) in [5, 5.41) is 0. The van der Waals surface area contributed by atoms with Crippen molar-refractivity contribution in [1.29, 1.82) is 0 Å². The molecule has 0 saturated carbocycles. The number of carbonyl (C=O) groups excluding carboxylic acids is 2. The molecule has 4 rings (SSSR count). The molecule has 2 aromatic heterocycles. The fourth-order valence-electron chi connectivity index (χ4n) is 3.73. The number of rotatable bonds is 2. The van der Waals surface area contributed by atoms with Gasteiger partial charge in [-0.3, -0.25) is 14.6 Å². The summed E-state index contributed by atoms with van der Waals surface area (Å²) in [6.45, 7) is 4.55. The van der Waals surface area contributed by atoms with Crippen LogP contribution in [-0.2, 0) is 12.8 Å². The quantitative estimate of drug-likeness (QED) is 0.818. The lowest BCUT2D eigenvalue weighted by molar-refractivity contribution is 0.0535. The molecule has 2 amide bonds. The summed E-state index contributed by atoms with van der Waals surface area (Å²) >= 11 is 1.66. The number of piperazine rings is 1. The van der Waals surface area contributed by atoms with Crippen molar-refractivity contribution in [2.24, 2.45) is 5.92 Å². The number of pyridine rings is 1. The van der Waals surface area contributed by atoms with E-state index in [9.17, 15) is 9.59 Å². The molecular formula is C20H23N3O2S. The van der Waals surface area contributed by atoms with Crippen molar-refractivity contribution < 1.29 is 9.59 Å². The minimum atomic E-state index is -0.0572. The van der Waals surface area contributed by atoms with Crippen molar-refractivity contribution in [3.05, 3.63) is 51.5 Å². The normalized spacial score (nSPS) is 20.0. The molecule has 2 aromatic rings. The molecule has 3 heterocycles. The maximum Gasteiger partial charge on any atom is 0.272 e. The summed E-state index contributed by atoms with van der Waals surface area (Å²) in [4.78, 5) is 35.4. The van der Waals surface area contributed by atoms with Gasteiger partial charge in [-0.15, -0.1) is 11.3 Å². The Hall–Kier alpha value is -2.21. The summed E-state index contributed by atoms with van der Waals surface area (Å²) in [7, 11) is 0. The van der Waals surface area contributed by atoms with Crippen LogP contribution in [0.25, 0.3) is 0 Å². The van der Waals surface area contributed by atoms with E-state index in [4.69, 9.17) is 0 Å². The maximum absolute atomic E-state index is 12.9. The summed E-state index contributed by atoms with van der Waals surface area (Å²) < 4.78 is 0. The van der Waals surface area contributed by atoms with Gasteiger partial charge in [-0.1, -0.05) is 13.0 Å². The van der Waals surface area contributed by atoms with E-state index in [0.29, 0.717) is 37.8 Å². The van der Waals surface area contributed by atoms with Gasteiger partial charge in [0, 0.05) is 37.3 Å². The van der Waals surface area contributed by atoms with Crippen LogP contribution < -0.4 is 0 Å². The highest BCUT2D eigenvalue weighted by atomic mass is 32.1. The number of hydrogen-bond donors (Lipinski definition) is 0. The Bertz CT molecular complexity index is 810. The van der Waals surface area contributed by atoms with Gasteiger partial charge in [0.15, 0.2) is 0 Å². The number of carbonyl (C=O) groups is 2. The molecule has 1 fully saturated rings. The molecule has 1 atom stereocenters. The van der Waals surface area contributed by atoms with E-state index in [1.54, 1.807) is 34.6 Å². The number of aryl methyl sites for hydroxylation is 1. The number of nitrogens with zero attached hydrogens (tertiary/aromatic N) is 3. The summed E-state index contributed by atoms with van der Waals surface area (Å²) in [5.74, 6) is 0.765. The third-order valence-electron chi connectivity index (χ3n) is 5.28. The first-order valence-corrected chi connectivity index (χ1v) is 10.0. The average molecular weight is 369 g/mol. The van der Waals surface area contributed by atoms with Crippen LogP contribution >= 0.6 is 11.3 Å². The van der Waals surface area contributed by atoms with Crippen LogP contribution in [0.3, 0.4) is 0 Å². The average Bonchev–Trinajstić information content (AvgIpc) is 3.11. The molecule has 136 valence electrons. The minimum absolute atomic E-state index is 0.0572. The molecule has 0 radical (unpaired) electrons. The number of thiophene rings is 1. The van der Waals surface area contributed by atoms with Crippen LogP contribution in [0.4, 0.5) is 0 Å². The Kier molecular flexibility index (Phi) is 4.76. The second-order valence-corrected chi connectivity index (χ2v) is 8.34. The van der Waals surface area contributed by atoms with Crippen LogP contribution in [-0.4, -0.2) is 52.8 Å². The van der Waals surface area contributed by atoms with E-state index in [1.807, 2.05) is 11.0 Å². The monoisotopic (exact) mass is 369 g/mol. The molecule has 6 heteroatoms.